The van der Waals surface area contributed by atoms with E-state index in [1.54, 1.807) is 0 Å². The molecule has 2 aliphatic rings. The van der Waals surface area contributed by atoms with Crippen LogP contribution < -0.4 is 15.3 Å². The molecule has 1 unspecified atom stereocenters. The molecular weight excluding hydrogens is 326 g/mol. The summed E-state index contributed by atoms with van der Waals surface area (Å²) in [6, 6.07) is 0. The fraction of sp³-hybridized carbons (Fsp3) is 0.588. The second-order valence-electron chi connectivity index (χ2n) is 6.87. The first-order valence-corrected chi connectivity index (χ1v) is 9.96. The predicted molar refractivity (Wildman–Crippen MR) is 93.7 cm³/mol. The number of aromatic nitrogens is 1. The molecule has 0 radical (unpaired) electrons. The molecule has 0 saturated heterocycles. The molecule has 0 spiro atoms. The van der Waals surface area contributed by atoms with E-state index in [-0.39, 0.29) is 0 Å². The molecule has 132 valence electrons. The van der Waals surface area contributed by atoms with Crippen LogP contribution in [0.3, 0.4) is 0 Å². The highest BCUT2D eigenvalue weighted by Gasteiger charge is 2.25. The van der Waals surface area contributed by atoms with Crippen molar-refractivity contribution >= 4 is 28.3 Å². The van der Waals surface area contributed by atoms with Gasteiger partial charge in [0, 0.05) is 25.6 Å². The molecular formula is C17H25N3O3S. The van der Waals surface area contributed by atoms with Crippen LogP contribution in [0.15, 0.2) is 6.20 Å². The quantitative estimate of drug-likeness (QED) is 0.832. The topological polar surface area (TPSA) is 82.3 Å². The van der Waals surface area contributed by atoms with Gasteiger partial charge in [-0.05, 0) is 42.0 Å². The lowest BCUT2D eigenvalue weighted by Gasteiger charge is -2.21. The summed E-state index contributed by atoms with van der Waals surface area (Å²) < 4.78 is 26.7. The number of carbonyl (C=O) groups excluding carboxylic acids is 1. The van der Waals surface area contributed by atoms with Crippen LogP contribution in [-0.2, 0) is 15.0 Å². The summed E-state index contributed by atoms with van der Waals surface area (Å²) in [6.45, 7) is 0. The van der Waals surface area contributed by atoms with Gasteiger partial charge in [0.1, 0.15) is 0 Å². The molecule has 3 rings (SSSR count). The maximum absolute atomic E-state index is 12.3. The number of nitrogens with one attached hydrogen (secondary N) is 2. The number of hydrogen-bond donors (Lipinski definition) is 2. The van der Waals surface area contributed by atoms with Gasteiger partial charge in [-0.15, -0.1) is 0 Å². The second-order valence-corrected chi connectivity index (χ2v) is 8.76. The van der Waals surface area contributed by atoms with E-state index in [4.69, 9.17) is 0 Å². The summed E-state index contributed by atoms with van der Waals surface area (Å²) in [5.74, 6) is -0.354. The van der Waals surface area contributed by atoms with Crippen molar-refractivity contribution in [2.24, 2.45) is 5.92 Å². The van der Waals surface area contributed by atoms with Gasteiger partial charge in [-0.25, -0.2) is 4.72 Å². The van der Waals surface area contributed by atoms with E-state index in [9.17, 15) is 13.2 Å². The summed E-state index contributed by atoms with van der Waals surface area (Å²) in [7, 11) is -0.957. The number of rotatable bonds is 4. The van der Waals surface area contributed by atoms with Crippen molar-refractivity contribution in [3.8, 4) is 0 Å². The summed E-state index contributed by atoms with van der Waals surface area (Å²) in [6.07, 6.45) is 12.8. The van der Waals surface area contributed by atoms with Gasteiger partial charge >= 0.3 is 10.2 Å². The summed E-state index contributed by atoms with van der Waals surface area (Å²) in [5.41, 5.74) is 1.35. The van der Waals surface area contributed by atoms with Crippen molar-refractivity contribution in [2.45, 2.75) is 44.4 Å². The Balaban J connectivity index is 1.81. The minimum atomic E-state index is -3.75. The first-order chi connectivity index (χ1) is 11.4. The van der Waals surface area contributed by atoms with Crippen LogP contribution in [0.4, 0.5) is 0 Å². The molecule has 7 heteroatoms. The Morgan fingerprint density at radius 2 is 1.96 bits per heavy atom. The fourth-order valence-corrected chi connectivity index (χ4v) is 4.16. The molecule has 2 N–H and O–H groups in total. The smallest absolute Gasteiger partial charge is 0.303 e. The van der Waals surface area contributed by atoms with Crippen molar-refractivity contribution in [1.29, 1.82) is 0 Å². The molecule has 0 aliphatic heterocycles. The van der Waals surface area contributed by atoms with Crippen LogP contribution in [0.1, 0.15) is 50.0 Å². The molecule has 0 bridgehead atoms. The highest BCUT2D eigenvalue weighted by Crippen LogP contribution is 2.30. The molecule has 1 amide bonds. The largest absolute Gasteiger partial charge is 0.361 e. The predicted octanol–water partition coefficient (Wildman–Crippen LogP) is 0.566. The van der Waals surface area contributed by atoms with E-state index in [0.29, 0.717) is 12.3 Å². The van der Waals surface area contributed by atoms with Crippen LogP contribution in [0, 0.1) is 5.92 Å². The third-order valence-electron chi connectivity index (χ3n) is 5.02. The van der Waals surface area contributed by atoms with Gasteiger partial charge in [0.15, 0.2) is 0 Å². The maximum atomic E-state index is 12.3. The molecule has 6 nitrogen and oxygen atoms in total. The summed E-state index contributed by atoms with van der Waals surface area (Å²) in [4.78, 5) is 15.5. The molecule has 1 aromatic rings. The van der Waals surface area contributed by atoms with E-state index >= 15 is 0 Å². The lowest BCUT2D eigenvalue weighted by molar-refractivity contribution is -0.121. The Labute approximate surface area is 142 Å². The lowest BCUT2D eigenvalue weighted by Crippen LogP contribution is -2.43. The van der Waals surface area contributed by atoms with Crippen LogP contribution >= 0.6 is 0 Å². The standard InChI is InChI=1S/C17H25N3O3S/c1-20(2)24(22,23)19-17(21)13-8-9-14-15(11-18-16(14)10-13)12-6-4-3-5-7-12/h9-13,18H,3-8H2,1-2H3,(H,19,21). The number of hydrogen-bond acceptors (Lipinski definition) is 3. The van der Waals surface area contributed by atoms with E-state index in [1.807, 2.05) is 6.08 Å². The molecule has 1 heterocycles. The maximum Gasteiger partial charge on any atom is 0.303 e. The number of amides is 1. The Hall–Kier alpha value is -1.60. The van der Waals surface area contributed by atoms with Crippen LogP contribution in [0.25, 0.3) is 12.2 Å². The zero-order valence-corrected chi connectivity index (χ0v) is 15.0. The van der Waals surface area contributed by atoms with E-state index < -0.39 is 22.0 Å². The Morgan fingerprint density at radius 3 is 2.62 bits per heavy atom. The zero-order valence-electron chi connectivity index (χ0n) is 14.2. The summed E-state index contributed by atoms with van der Waals surface area (Å²) >= 11 is 0. The molecule has 1 aromatic heterocycles. The van der Waals surface area contributed by atoms with E-state index in [2.05, 4.69) is 22.0 Å². The average molecular weight is 351 g/mol. The molecule has 0 aromatic carbocycles. The summed E-state index contributed by atoms with van der Waals surface area (Å²) in [5, 5.41) is 2.13. The van der Waals surface area contributed by atoms with Crippen molar-refractivity contribution in [1.82, 2.24) is 14.0 Å². The monoisotopic (exact) mass is 351 g/mol. The van der Waals surface area contributed by atoms with Gasteiger partial charge in [-0.2, -0.15) is 12.7 Å². The lowest BCUT2D eigenvalue weighted by atomic mass is 9.84. The van der Waals surface area contributed by atoms with Gasteiger partial charge in [-0.3, -0.25) is 4.79 Å². The van der Waals surface area contributed by atoms with Crippen molar-refractivity contribution < 1.29 is 13.2 Å². The minimum absolute atomic E-state index is 0.468. The fourth-order valence-electron chi connectivity index (χ4n) is 3.57. The van der Waals surface area contributed by atoms with Gasteiger partial charge in [0.25, 0.3) is 0 Å². The highest BCUT2D eigenvalue weighted by molar-refractivity contribution is 7.87. The average Bonchev–Trinajstić information content (AvgIpc) is 2.98. The molecule has 2 aliphatic carbocycles. The first-order valence-electron chi connectivity index (χ1n) is 8.52. The van der Waals surface area contributed by atoms with Gasteiger partial charge < -0.3 is 4.98 Å². The number of H-pyrrole nitrogens is 1. The Kier molecular flexibility index (Phi) is 4.83. The number of fused-ring (bicyclic) bond motifs is 1. The normalized spacial score (nSPS) is 21.7. The van der Waals surface area contributed by atoms with Crippen molar-refractivity contribution in [3.05, 3.63) is 22.3 Å². The number of nitrogens with zero attached hydrogens (tertiary/aromatic N) is 1. The number of aromatic amines is 1. The van der Waals surface area contributed by atoms with Crippen LogP contribution in [-0.4, -0.2) is 37.7 Å². The Bertz CT molecular complexity index is 833. The molecule has 1 fully saturated rings. The third kappa shape index (κ3) is 3.42. The molecule has 24 heavy (non-hydrogen) atoms. The SMILES string of the molecule is CN(C)S(=O)(=O)NC(=O)C1C=c2[nH]cc(C3CCCCC3)c2=CC1. The van der Waals surface area contributed by atoms with Crippen molar-refractivity contribution in [3.63, 3.8) is 0 Å². The second kappa shape index (κ2) is 6.72. The molecule has 1 atom stereocenters. The van der Waals surface area contributed by atoms with Gasteiger partial charge in [0.05, 0.1) is 5.92 Å². The molecule has 1 saturated carbocycles. The Morgan fingerprint density at radius 1 is 1.25 bits per heavy atom. The van der Waals surface area contributed by atoms with Gasteiger partial charge in [-0.1, -0.05) is 25.3 Å². The van der Waals surface area contributed by atoms with Crippen LogP contribution in [0.2, 0.25) is 0 Å². The van der Waals surface area contributed by atoms with Crippen LogP contribution in [0.5, 0.6) is 0 Å². The van der Waals surface area contributed by atoms with E-state index in [1.165, 1.54) is 57.0 Å². The number of carbonyl (C=O) groups is 1. The first kappa shape index (κ1) is 17.2. The van der Waals surface area contributed by atoms with E-state index in [0.717, 1.165) is 9.65 Å². The zero-order chi connectivity index (χ0) is 17.3. The highest BCUT2D eigenvalue weighted by atomic mass is 32.2. The van der Waals surface area contributed by atoms with Gasteiger partial charge in [0.2, 0.25) is 5.91 Å². The third-order valence-corrected chi connectivity index (χ3v) is 6.44. The minimum Gasteiger partial charge on any atom is -0.361 e. The van der Waals surface area contributed by atoms with Crippen molar-refractivity contribution in [2.75, 3.05) is 14.1 Å².